The summed E-state index contributed by atoms with van der Waals surface area (Å²) in [5.41, 5.74) is -0.960. The monoisotopic (exact) mass is 273 g/mol. The van der Waals surface area contributed by atoms with Gasteiger partial charge in [-0.15, -0.1) is 0 Å². The molecule has 1 aliphatic rings. The summed E-state index contributed by atoms with van der Waals surface area (Å²) in [6.45, 7) is 6.73. The van der Waals surface area contributed by atoms with Gasteiger partial charge in [-0.1, -0.05) is 0 Å². The van der Waals surface area contributed by atoms with Crippen LogP contribution in [0.4, 0.5) is 0 Å². The Balaban J connectivity index is 2.38. The average molecular weight is 273 g/mol. The molecule has 0 spiro atoms. The lowest BCUT2D eigenvalue weighted by molar-refractivity contribution is -0.151. The minimum atomic E-state index is -0.757. The van der Waals surface area contributed by atoms with Crippen molar-refractivity contribution in [2.24, 2.45) is 0 Å². The van der Waals surface area contributed by atoms with Gasteiger partial charge in [-0.25, -0.2) is 4.79 Å². The van der Waals surface area contributed by atoms with Gasteiger partial charge >= 0.3 is 5.97 Å². The second kappa shape index (κ2) is 6.68. The summed E-state index contributed by atoms with van der Waals surface area (Å²) in [7, 11) is 3.09. The van der Waals surface area contributed by atoms with Crippen LogP contribution >= 0.6 is 0 Å². The number of ether oxygens (including phenoxy) is 3. The molecule has 0 aliphatic heterocycles. The predicted octanol–water partition coefficient (Wildman–Crippen LogP) is 1.50. The van der Waals surface area contributed by atoms with E-state index in [0.717, 1.165) is 19.3 Å². The lowest BCUT2D eigenvalue weighted by Gasteiger charge is -2.29. The van der Waals surface area contributed by atoms with E-state index in [9.17, 15) is 4.79 Å². The van der Waals surface area contributed by atoms with Crippen molar-refractivity contribution < 1.29 is 19.0 Å². The molecule has 0 aromatic heterocycles. The lowest BCUT2D eigenvalue weighted by Crippen LogP contribution is -2.54. The molecule has 5 nitrogen and oxygen atoms in total. The quantitative estimate of drug-likeness (QED) is 0.509. The van der Waals surface area contributed by atoms with E-state index >= 15 is 0 Å². The van der Waals surface area contributed by atoms with E-state index in [2.05, 4.69) is 5.32 Å². The van der Waals surface area contributed by atoms with Crippen LogP contribution in [-0.4, -0.2) is 50.6 Å². The Morgan fingerprint density at radius 2 is 1.89 bits per heavy atom. The Bertz CT molecular complexity index is 302. The first-order chi connectivity index (χ1) is 8.83. The fourth-order valence-electron chi connectivity index (χ4n) is 1.76. The van der Waals surface area contributed by atoms with Gasteiger partial charge in [0.2, 0.25) is 0 Å². The van der Waals surface area contributed by atoms with Crippen molar-refractivity contribution in [2.45, 2.75) is 57.2 Å². The van der Waals surface area contributed by atoms with Crippen molar-refractivity contribution in [2.75, 3.05) is 27.4 Å². The summed E-state index contributed by atoms with van der Waals surface area (Å²) >= 11 is 0. The molecule has 1 N–H and O–H groups in total. The molecule has 5 heteroatoms. The largest absolute Gasteiger partial charge is 0.468 e. The first-order valence-electron chi connectivity index (χ1n) is 6.82. The zero-order valence-electron chi connectivity index (χ0n) is 12.7. The average Bonchev–Trinajstić information content (AvgIpc) is 3.17. The SMILES string of the molecule is COC(=O)C(C)(COCCC(C)(C)OC)NC1CC1. The van der Waals surface area contributed by atoms with Crippen LogP contribution in [-0.2, 0) is 19.0 Å². The second-order valence-corrected chi connectivity index (χ2v) is 6.01. The maximum atomic E-state index is 11.9. The molecule has 0 aromatic rings. The van der Waals surface area contributed by atoms with Crippen molar-refractivity contribution in [3.8, 4) is 0 Å². The minimum Gasteiger partial charge on any atom is -0.468 e. The zero-order valence-corrected chi connectivity index (χ0v) is 12.7. The molecule has 0 amide bonds. The highest BCUT2D eigenvalue weighted by atomic mass is 16.5. The first kappa shape index (κ1) is 16.4. The summed E-state index contributed by atoms with van der Waals surface area (Å²) in [5.74, 6) is -0.273. The third-order valence-corrected chi connectivity index (χ3v) is 3.53. The molecule has 1 rings (SSSR count). The maximum Gasteiger partial charge on any atom is 0.328 e. The molecule has 112 valence electrons. The van der Waals surface area contributed by atoms with Crippen molar-refractivity contribution in [3.05, 3.63) is 0 Å². The van der Waals surface area contributed by atoms with Gasteiger partial charge in [0.05, 0.1) is 19.3 Å². The molecule has 0 aromatic carbocycles. The molecular formula is C14H27NO4. The van der Waals surface area contributed by atoms with E-state index in [4.69, 9.17) is 14.2 Å². The molecule has 0 saturated heterocycles. The predicted molar refractivity (Wildman–Crippen MR) is 73.1 cm³/mol. The number of carbonyl (C=O) groups is 1. The van der Waals surface area contributed by atoms with E-state index < -0.39 is 5.54 Å². The van der Waals surface area contributed by atoms with Crippen LogP contribution in [0.15, 0.2) is 0 Å². The Labute approximate surface area is 116 Å². The zero-order chi connectivity index (χ0) is 14.5. The number of carbonyl (C=O) groups excluding carboxylic acids is 1. The van der Waals surface area contributed by atoms with Gasteiger partial charge in [0.15, 0.2) is 0 Å². The van der Waals surface area contributed by atoms with Crippen LogP contribution in [0.5, 0.6) is 0 Å². The summed E-state index contributed by atoms with van der Waals surface area (Å²) < 4.78 is 15.8. The van der Waals surface area contributed by atoms with E-state index in [1.165, 1.54) is 7.11 Å². The molecule has 1 aliphatic carbocycles. The molecule has 1 atom stereocenters. The molecule has 1 saturated carbocycles. The highest BCUT2D eigenvalue weighted by Crippen LogP contribution is 2.23. The third-order valence-electron chi connectivity index (χ3n) is 3.53. The second-order valence-electron chi connectivity index (χ2n) is 6.01. The molecular weight excluding hydrogens is 246 g/mol. The normalized spacial score (nSPS) is 19.0. The highest BCUT2D eigenvalue weighted by molar-refractivity contribution is 5.80. The van der Waals surface area contributed by atoms with E-state index in [0.29, 0.717) is 19.3 Å². The standard InChI is InChI=1S/C14H27NO4/c1-13(2,18-5)8-9-19-10-14(3,12(16)17-4)15-11-6-7-11/h11,15H,6-10H2,1-5H3. The number of methoxy groups -OCH3 is 2. The minimum absolute atomic E-state index is 0.203. The number of nitrogens with one attached hydrogen (secondary N) is 1. The first-order valence-corrected chi connectivity index (χ1v) is 6.82. The van der Waals surface area contributed by atoms with Crippen LogP contribution in [0.2, 0.25) is 0 Å². The van der Waals surface area contributed by atoms with Crippen molar-refractivity contribution in [1.29, 1.82) is 0 Å². The molecule has 0 radical (unpaired) electrons. The van der Waals surface area contributed by atoms with Gasteiger partial charge in [-0.3, -0.25) is 5.32 Å². The van der Waals surface area contributed by atoms with Gasteiger partial charge in [0.1, 0.15) is 5.54 Å². The van der Waals surface area contributed by atoms with Gasteiger partial charge in [-0.05, 0) is 40.0 Å². The Morgan fingerprint density at radius 1 is 1.26 bits per heavy atom. The summed E-state index contributed by atoms with van der Waals surface area (Å²) in [6.07, 6.45) is 3.01. The molecule has 1 fully saturated rings. The summed E-state index contributed by atoms with van der Waals surface area (Å²) in [4.78, 5) is 11.9. The molecule has 19 heavy (non-hydrogen) atoms. The number of rotatable bonds is 9. The Hall–Kier alpha value is -0.650. The van der Waals surface area contributed by atoms with Crippen molar-refractivity contribution in [1.82, 2.24) is 5.32 Å². The number of hydrogen-bond acceptors (Lipinski definition) is 5. The van der Waals surface area contributed by atoms with Gasteiger partial charge in [-0.2, -0.15) is 0 Å². The lowest BCUT2D eigenvalue weighted by atomic mass is 10.0. The van der Waals surface area contributed by atoms with Gasteiger partial charge in [0.25, 0.3) is 0 Å². The summed E-state index contributed by atoms with van der Waals surface area (Å²) in [6, 6.07) is 0.420. The highest BCUT2D eigenvalue weighted by Gasteiger charge is 2.39. The number of esters is 1. The van der Waals surface area contributed by atoms with Gasteiger partial charge < -0.3 is 14.2 Å². The van der Waals surface area contributed by atoms with Crippen molar-refractivity contribution >= 4 is 5.97 Å². The third kappa shape index (κ3) is 5.47. The fourth-order valence-corrected chi connectivity index (χ4v) is 1.76. The van der Waals surface area contributed by atoms with E-state index in [1.807, 2.05) is 20.8 Å². The van der Waals surface area contributed by atoms with E-state index in [-0.39, 0.29) is 11.6 Å². The molecule has 0 heterocycles. The maximum absolute atomic E-state index is 11.9. The Kier molecular flexibility index (Phi) is 5.77. The van der Waals surface area contributed by atoms with Crippen LogP contribution < -0.4 is 5.32 Å². The Morgan fingerprint density at radius 3 is 2.37 bits per heavy atom. The molecule has 1 unspecified atom stereocenters. The summed E-state index contributed by atoms with van der Waals surface area (Å²) in [5, 5.41) is 3.30. The van der Waals surface area contributed by atoms with Crippen LogP contribution in [0.1, 0.15) is 40.0 Å². The smallest absolute Gasteiger partial charge is 0.328 e. The molecule has 0 bridgehead atoms. The van der Waals surface area contributed by atoms with Gasteiger partial charge in [0, 0.05) is 19.8 Å². The number of hydrogen-bond donors (Lipinski definition) is 1. The van der Waals surface area contributed by atoms with Crippen molar-refractivity contribution in [3.63, 3.8) is 0 Å². The fraction of sp³-hybridized carbons (Fsp3) is 0.929. The van der Waals surface area contributed by atoms with Crippen LogP contribution in [0, 0.1) is 0 Å². The topological polar surface area (TPSA) is 56.8 Å². The van der Waals surface area contributed by atoms with Crippen LogP contribution in [0.25, 0.3) is 0 Å². The van der Waals surface area contributed by atoms with Crippen LogP contribution in [0.3, 0.4) is 0 Å². The van der Waals surface area contributed by atoms with E-state index in [1.54, 1.807) is 7.11 Å².